The zero-order valence-electron chi connectivity index (χ0n) is 6.80. The molecule has 0 bridgehead atoms. The van der Waals surface area contributed by atoms with Crippen LogP contribution in [0.2, 0.25) is 0 Å². The van der Waals surface area contributed by atoms with Gasteiger partial charge in [-0.3, -0.25) is 0 Å². The molecule has 0 aliphatic heterocycles. The molecular weight excluding hydrogens is 126 g/mol. The molecule has 1 rings (SSSR count). The molecule has 60 valence electrons. The monoisotopic (exact) mass is 143 g/mol. The van der Waals surface area contributed by atoms with Gasteiger partial charge in [-0.1, -0.05) is 0 Å². The molecule has 0 aromatic heterocycles. The highest BCUT2D eigenvalue weighted by Crippen LogP contribution is 2.19. The Morgan fingerprint density at radius 2 is 2.10 bits per heavy atom. The molecule has 0 aromatic carbocycles. The first kappa shape index (κ1) is 8.02. The predicted octanol–water partition coefficient (Wildman–Crippen LogP) is 0.898. The Labute approximate surface area is 62.6 Å². The maximum Gasteiger partial charge on any atom is 0.0526 e. The van der Waals surface area contributed by atoms with E-state index in [1.807, 2.05) is 6.92 Å². The van der Waals surface area contributed by atoms with Gasteiger partial charge in [0.25, 0.3) is 0 Å². The quantitative estimate of drug-likeness (QED) is 0.612. The first-order valence-electron chi connectivity index (χ1n) is 4.12. The second kappa shape index (κ2) is 3.35. The Morgan fingerprint density at radius 3 is 2.50 bits per heavy atom. The van der Waals surface area contributed by atoms with Gasteiger partial charge in [-0.25, -0.2) is 0 Å². The van der Waals surface area contributed by atoms with Crippen molar-refractivity contribution in [3.8, 4) is 0 Å². The average molecular weight is 143 g/mol. The van der Waals surface area contributed by atoms with Crippen LogP contribution in [-0.2, 0) is 0 Å². The normalized spacial score (nSPS) is 24.3. The lowest BCUT2D eigenvalue weighted by atomic mass is 10.1. The molecule has 1 fully saturated rings. The zero-order chi connectivity index (χ0) is 7.56. The van der Waals surface area contributed by atoms with Gasteiger partial charge in [-0.2, -0.15) is 0 Å². The van der Waals surface area contributed by atoms with E-state index >= 15 is 0 Å². The summed E-state index contributed by atoms with van der Waals surface area (Å²) in [4.78, 5) is 0. The Kier molecular flexibility index (Phi) is 2.69. The highest BCUT2D eigenvalue weighted by atomic mass is 16.3. The standard InChI is InChI=1S/C8H17NO/c1-6(5-7(2)10)9-8-3-4-8/h6-10H,3-5H2,1-2H3. The lowest BCUT2D eigenvalue weighted by Crippen LogP contribution is -2.30. The summed E-state index contributed by atoms with van der Waals surface area (Å²) in [7, 11) is 0. The Hall–Kier alpha value is -0.0800. The summed E-state index contributed by atoms with van der Waals surface area (Å²) in [6.07, 6.45) is 3.35. The van der Waals surface area contributed by atoms with Gasteiger partial charge in [-0.05, 0) is 33.1 Å². The summed E-state index contributed by atoms with van der Waals surface area (Å²) >= 11 is 0. The molecule has 2 heteroatoms. The minimum absolute atomic E-state index is 0.166. The second-order valence-electron chi connectivity index (χ2n) is 3.43. The molecular formula is C8H17NO. The van der Waals surface area contributed by atoms with Crippen LogP contribution in [0.15, 0.2) is 0 Å². The minimum Gasteiger partial charge on any atom is -0.393 e. The molecule has 2 N–H and O–H groups in total. The van der Waals surface area contributed by atoms with E-state index < -0.39 is 0 Å². The molecule has 0 amide bonds. The molecule has 0 spiro atoms. The third kappa shape index (κ3) is 3.18. The fourth-order valence-corrected chi connectivity index (χ4v) is 1.23. The van der Waals surface area contributed by atoms with E-state index in [1.54, 1.807) is 0 Å². The van der Waals surface area contributed by atoms with Gasteiger partial charge in [0, 0.05) is 12.1 Å². The SMILES string of the molecule is CC(O)CC(C)NC1CC1. The van der Waals surface area contributed by atoms with E-state index in [0.29, 0.717) is 6.04 Å². The fourth-order valence-electron chi connectivity index (χ4n) is 1.23. The fraction of sp³-hybridized carbons (Fsp3) is 1.00. The molecule has 0 saturated heterocycles. The highest BCUT2D eigenvalue weighted by Gasteiger charge is 2.22. The van der Waals surface area contributed by atoms with E-state index in [0.717, 1.165) is 12.5 Å². The lowest BCUT2D eigenvalue weighted by molar-refractivity contribution is 0.170. The summed E-state index contributed by atoms with van der Waals surface area (Å²) < 4.78 is 0. The molecule has 1 saturated carbocycles. The highest BCUT2D eigenvalue weighted by molar-refractivity contribution is 4.83. The number of aliphatic hydroxyl groups is 1. The van der Waals surface area contributed by atoms with Gasteiger partial charge >= 0.3 is 0 Å². The average Bonchev–Trinajstić information content (AvgIpc) is 2.46. The molecule has 2 nitrogen and oxygen atoms in total. The van der Waals surface area contributed by atoms with Crippen molar-refractivity contribution in [3.05, 3.63) is 0 Å². The summed E-state index contributed by atoms with van der Waals surface area (Å²) in [5.41, 5.74) is 0. The molecule has 0 aromatic rings. The maximum absolute atomic E-state index is 9.02. The molecule has 1 aliphatic rings. The van der Waals surface area contributed by atoms with Crippen LogP contribution in [-0.4, -0.2) is 23.3 Å². The van der Waals surface area contributed by atoms with Crippen molar-refractivity contribution >= 4 is 0 Å². The molecule has 2 atom stereocenters. The summed E-state index contributed by atoms with van der Waals surface area (Å²) in [5.74, 6) is 0. The van der Waals surface area contributed by atoms with Crippen molar-refractivity contribution in [2.45, 2.75) is 51.3 Å². The second-order valence-corrected chi connectivity index (χ2v) is 3.43. The Morgan fingerprint density at radius 1 is 1.50 bits per heavy atom. The number of hydrogen-bond donors (Lipinski definition) is 2. The third-order valence-corrected chi connectivity index (χ3v) is 1.79. The molecule has 0 heterocycles. The largest absolute Gasteiger partial charge is 0.393 e. The van der Waals surface area contributed by atoms with Gasteiger partial charge < -0.3 is 10.4 Å². The predicted molar refractivity (Wildman–Crippen MR) is 41.9 cm³/mol. The van der Waals surface area contributed by atoms with Crippen LogP contribution >= 0.6 is 0 Å². The van der Waals surface area contributed by atoms with Crippen LogP contribution in [0.1, 0.15) is 33.1 Å². The first-order valence-corrected chi connectivity index (χ1v) is 4.12. The summed E-state index contributed by atoms with van der Waals surface area (Å²) in [6, 6.07) is 1.24. The van der Waals surface area contributed by atoms with Gasteiger partial charge in [0.2, 0.25) is 0 Å². The third-order valence-electron chi connectivity index (χ3n) is 1.79. The maximum atomic E-state index is 9.02. The number of rotatable bonds is 4. The van der Waals surface area contributed by atoms with Crippen LogP contribution < -0.4 is 5.32 Å². The van der Waals surface area contributed by atoms with Crippen molar-refractivity contribution in [2.75, 3.05) is 0 Å². The first-order chi connectivity index (χ1) is 4.68. The van der Waals surface area contributed by atoms with Gasteiger partial charge in [-0.15, -0.1) is 0 Å². The van der Waals surface area contributed by atoms with Crippen molar-refractivity contribution in [1.29, 1.82) is 0 Å². The summed E-state index contributed by atoms with van der Waals surface area (Å²) in [5, 5.41) is 12.4. The van der Waals surface area contributed by atoms with E-state index in [4.69, 9.17) is 5.11 Å². The minimum atomic E-state index is -0.166. The topological polar surface area (TPSA) is 32.3 Å². The summed E-state index contributed by atoms with van der Waals surface area (Å²) in [6.45, 7) is 3.97. The molecule has 10 heavy (non-hydrogen) atoms. The van der Waals surface area contributed by atoms with E-state index in [-0.39, 0.29) is 6.10 Å². The van der Waals surface area contributed by atoms with Crippen LogP contribution in [0.4, 0.5) is 0 Å². The van der Waals surface area contributed by atoms with Crippen molar-refractivity contribution < 1.29 is 5.11 Å². The van der Waals surface area contributed by atoms with Crippen LogP contribution in [0.5, 0.6) is 0 Å². The number of aliphatic hydroxyl groups excluding tert-OH is 1. The van der Waals surface area contributed by atoms with Gasteiger partial charge in [0.05, 0.1) is 6.10 Å². The molecule has 0 radical (unpaired) electrons. The zero-order valence-corrected chi connectivity index (χ0v) is 6.80. The Bertz CT molecular complexity index is 95.4. The lowest BCUT2D eigenvalue weighted by Gasteiger charge is -2.14. The van der Waals surface area contributed by atoms with E-state index in [2.05, 4.69) is 12.2 Å². The van der Waals surface area contributed by atoms with Crippen molar-refractivity contribution in [2.24, 2.45) is 0 Å². The van der Waals surface area contributed by atoms with E-state index in [1.165, 1.54) is 12.8 Å². The Balaban J connectivity index is 2.02. The van der Waals surface area contributed by atoms with Crippen LogP contribution in [0.3, 0.4) is 0 Å². The number of hydrogen-bond acceptors (Lipinski definition) is 2. The van der Waals surface area contributed by atoms with Crippen molar-refractivity contribution in [3.63, 3.8) is 0 Å². The molecule has 1 aliphatic carbocycles. The van der Waals surface area contributed by atoms with Crippen LogP contribution in [0.25, 0.3) is 0 Å². The van der Waals surface area contributed by atoms with Gasteiger partial charge in [0.1, 0.15) is 0 Å². The van der Waals surface area contributed by atoms with Crippen molar-refractivity contribution in [1.82, 2.24) is 5.32 Å². The van der Waals surface area contributed by atoms with Crippen LogP contribution in [0, 0.1) is 0 Å². The van der Waals surface area contributed by atoms with E-state index in [9.17, 15) is 0 Å². The molecule has 2 unspecified atom stereocenters. The number of nitrogens with one attached hydrogen (secondary N) is 1. The smallest absolute Gasteiger partial charge is 0.0526 e. The van der Waals surface area contributed by atoms with Gasteiger partial charge in [0.15, 0.2) is 0 Å².